The van der Waals surface area contributed by atoms with Crippen molar-refractivity contribution in [1.29, 1.82) is 0 Å². The number of thiazole rings is 1. The largest absolute Gasteiger partial charge is 0.341 e. The molecule has 0 N–H and O–H groups in total. The van der Waals surface area contributed by atoms with Gasteiger partial charge in [-0.3, -0.25) is 14.9 Å². The molecule has 7 heteroatoms. The Kier molecular flexibility index (Phi) is 5.21. The maximum absolute atomic E-state index is 12.1. The van der Waals surface area contributed by atoms with E-state index in [1.807, 2.05) is 6.92 Å². The zero-order chi connectivity index (χ0) is 16.1. The molecule has 0 aliphatic heterocycles. The normalized spacial score (nSPS) is 10.5. The lowest BCUT2D eigenvalue weighted by atomic mass is 10.1. The van der Waals surface area contributed by atoms with Crippen molar-refractivity contribution < 1.29 is 9.72 Å². The minimum atomic E-state index is -0.427. The van der Waals surface area contributed by atoms with Crippen molar-refractivity contribution in [1.82, 2.24) is 9.88 Å². The first kappa shape index (κ1) is 16.1. The van der Waals surface area contributed by atoms with E-state index in [1.165, 1.54) is 12.1 Å². The summed E-state index contributed by atoms with van der Waals surface area (Å²) in [7, 11) is 1.75. The lowest BCUT2D eigenvalue weighted by Crippen LogP contribution is -2.26. The zero-order valence-electron chi connectivity index (χ0n) is 12.5. The molecule has 0 aliphatic rings. The van der Waals surface area contributed by atoms with E-state index >= 15 is 0 Å². The van der Waals surface area contributed by atoms with Gasteiger partial charge in [0.1, 0.15) is 0 Å². The molecule has 116 valence electrons. The van der Waals surface area contributed by atoms with Gasteiger partial charge in [-0.2, -0.15) is 0 Å². The van der Waals surface area contributed by atoms with Gasteiger partial charge >= 0.3 is 0 Å². The predicted molar refractivity (Wildman–Crippen MR) is 84.7 cm³/mol. The van der Waals surface area contributed by atoms with Crippen LogP contribution in [0, 0.1) is 17.0 Å². The Morgan fingerprint density at radius 3 is 2.86 bits per heavy atom. The number of non-ortho nitro benzene ring substituents is 1. The van der Waals surface area contributed by atoms with Crippen LogP contribution >= 0.6 is 11.3 Å². The van der Waals surface area contributed by atoms with Gasteiger partial charge in [0, 0.05) is 36.7 Å². The third-order valence-electron chi connectivity index (χ3n) is 3.24. The lowest BCUT2D eigenvalue weighted by molar-refractivity contribution is -0.384. The highest BCUT2D eigenvalue weighted by Crippen LogP contribution is 2.16. The van der Waals surface area contributed by atoms with Crippen LogP contribution in [0.4, 0.5) is 5.69 Å². The van der Waals surface area contributed by atoms with E-state index in [9.17, 15) is 14.9 Å². The van der Waals surface area contributed by atoms with Crippen LogP contribution in [0.25, 0.3) is 0 Å². The van der Waals surface area contributed by atoms with Crippen LogP contribution in [0.15, 0.2) is 30.5 Å². The molecule has 0 atom stereocenters. The summed E-state index contributed by atoms with van der Waals surface area (Å²) < 4.78 is 0. The Bertz CT molecular complexity index is 684. The van der Waals surface area contributed by atoms with Gasteiger partial charge in [-0.25, -0.2) is 4.98 Å². The molecule has 2 aromatic rings. The minimum absolute atomic E-state index is 0.0116. The van der Waals surface area contributed by atoms with Crippen molar-refractivity contribution in [2.45, 2.75) is 26.3 Å². The molecule has 0 aliphatic carbocycles. The summed E-state index contributed by atoms with van der Waals surface area (Å²) in [5.41, 5.74) is 0.850. The average Bonchev–Trinajstić information content (AvgIpc) is 2.90. The van der Waals surface area contributed by atoms with Crippen molar-refractivity contribution >= 4 is 22.9 Å². The zero-order valence-corrected chi connectivity index (χ0v) is 13.3. The molecular formula is C15H17N3O3S. The highest BCUT2D eigenvalue weighted by Gasteiger charge is 2.12. The molecule has 1 amide bonds. The first-order valence-electron chi connectivity index (χ1n) is 6.84. The highest BCUT2D eigenvalue weighted by atomic mass is 32.1. The van der Waals surface area contributed by atoms with E-state index in [0.717, 1.165) is 15.4 Å². The molecule has 0 unspecified atom stereocenters. The maximum atomic E-state index is 12.1. The Morgan fingerprint density at radius 1 is 1.45 bits per heavy atom. The molecule has 0 bridgehead atoms. The number of nitro benzene ring substituents is 1. The fourth-order valence-corrected chi connectivity index (χ4v) is 2.92. The van der Waals surface area contributed by atoms with Gasteiger partial charge < -0.3 is 4.90 Å². The number of hydrogen-bond donors (Lipinski definition) is 0. The number of nitrogens with zero attached hydrogens (tertiary/aromatic N) is 3. The molecule has 0 saturated carbocycles. The molecule has 0 radical (unpaired) electrons. The molecule has 1 aromatic heterocycles. The predicted octanol–water partition coefficient (Wildman–Crippen LogP) is 2.95. The molecule has 1 aromatic carbocycles. The summed E-state index contributed by atoms with van der Waals surface area (Å²) in [5.74, 6) is 0.0116. The second kappa shape index (κ2) is 7.13. The van der Waals surface area contributed by atoms with Gasteiger partial charge in [0.15, 0.2) is 0 Å². The van der Waals surface area contributed by atoms with E-state index in [0.29, 0.717) is 19.4 Å². The van der Waals surface area contributed by atoms with Gasteiger partial charge in [-0.15, -0.1) is 11.3 Å². The number of aromatic nitrogens is 1. The van der Waals surface area contributed by atoms with Crippen LogP contribution in [-0.4, -0.2) is 27.8 Å². The molecule has 0 fully saturated rings. The van der Waals surface area contributed by atoms with Crippen molar-refractivity contribution in [3.8, 4) is 0 Å². The van der Waals surface area contributed by atoms with Crippen LogP contribution in [0.5, 0.6) is 0 Å². The van der Waals surface area contributed by atoms with Crippen LogP contribution in [0.2, 0.25) is 0 Å². The first-order valence-corrected chi connectivity index (χ1v) is 7.66. The number of rotatable bonds is 6. The molecular weight excluding hydrogens is 302 g/mol. The number of carbonyl (C=O) groups excluding carboxylic acids is 1. The van der Waals surface area contributed by atoms with E-state index in [-0.39, 0.29) is 11.6 Å². The second-order valence-corrected chi connectivity index (χ2v) is 6.34. The Balaban J connectivity index is 1.89. The van der Waals surface area contributed by atoms with E-state index in [4.69, 9.17) is 0 Å². The Morgan fingerprint density at radius 2 is 2.23 bits per heavy atom. The Labute approximate surface area is 132 Å². The minimum Gasteiger partial charge on any atom is -0.341 e. The van der Waals surface area contributed by atoms with Crippen LogP contribution < -0.4 is 0 Å². The summed E-state index contributed by atoms with van der Waals surface area (Å²) in [5, 5.41) is 11.7. The van der Waals surface area contributed by atoms with E-state index in [2.05, 4.69) is 4.98 Å². The fraction of sp³-hybridized carbons (Fsp3) is 0.333. The summed E-state index contributed by atoms with van der Waals surface area (Å²) in [6, 6.07) is 6.40. The topological polar surface area (TPSA) is 76.3 Å². The molecule has 0 saturated heterocycles. The summed E-state index contributed by atoms with van der Waals surface area (Å²) in [6.07, 6.45) is 2.60. The van der Waals surface area contributed by atoms with Gasteiger partial charge in [0.05, 0.1) is 16.5 Å². The number of carbonyl (C=O) groups is 1. The van der Waals surface area contributed by atoms with Crippen molar-refractivity contribution in [2.75, 3.05) is 7.05 Å². The summed E-state index contributed by atoms with van der Waals surface area (Å²) >= 11 is 1.57. The first-order chi connectivity index (χ1) is 10.5. The third-order valence-corrected chi connectivity index (χ3v) is 4.13. The van der Waals surface area contributed by atoms with Gasteiger partial charge in [-0.05, 0) is 18.9 Å². The maximum Gasteiger partial charge on any atom is 0.269 e. The van der Waals surface area contributed by atoms with E-state index < -0.39 is 4.92 Å². The molecule has 2 rings (SSSR count). The van der Waals surface area contributed by atoms with Crippen LogP contribution in [0.3, 0.4) is 0 Å². The Hall–Kier alpha value is -2.28. The van der Waals surface area contributed by atoms with Crippen LogP contribution in [0.1, 0.15) is 21.9 Å². The number of aryl methyl sites for hydroxylation is 2. The van der Waals surface area contributed by atoms with Crippen molar-refractivity contribution in [3.05, 3.63) is 56.0 Å². The van der Waals surface area contributed by atoms with Crippen molar-refractivity contribution in [3.63, 3.8) is 0 Å². The summed E-state index contributed by atoms with van der Waals surface area (Å²) in [4.78, 5) is 29.3. The number of amides is 1. The number of nitro groups is 1. The molecule has 6 nitrogen and oxygen atoms in total. The van der Waals surface area contributed by atoms with Crippen LogP contribution in [-0.2, 0) is 17.8 Å². The number of hydrogen-bond acceptors (Lipinski definition) is 5. The molecule has 1 heterocycles. The highest BCUT2D eigenvalue weighted by molar-refractivity contribution is 7.11. The fourth-order valence-electron chi connectivity index (χ4n) is 2.07. The van der Waals surface area contributed by atoms with Gasteiger partial charge in [0.25, 0.3) is 5.69 Å². The molecule has 0 spiro atoms. The lowest BCUT2D eigenvalue weighted by Gasteiger charge is -2.15. The smallest absolute Gasteiger partial charge is 0.269 e. The van der Waals surface area contributed by atoms with Gasteiger partial charge in [-0.1, -0.05) is 12.1 Å². The average molecular weight is 319 g/mol. The third kappa shape index (κ3) is 4.36. The SMILES string of the molecule is Cc1ncc(CN(C)C(=O)CCc2cccc([N+](=O)[O-])c2)s1. The van der Waals surface area contributed by atoms with Crippen molar-refractivity contribution in [2.24, 2.45) is 0 Å². The second-order valence-electron chi connectivity index (χ2n) is 5.02. The number of benzene rings is 1. The monoisotopic (exact) mass is 319 g/mol. The standard InChI is InChI=1S/C15H17N3O3S/c1-11-16-9-14(22-11)10-17(2)15(19)7-6-12-4-3-5-13(8-12)18(20)21/h3-5,8-9H,6-7,10H2,1-2H3. The van der Waals surface area contributed by atoms with E-state index in [1.54, 1.807) is 41.6 Å². The summed E-state index contributed by atoms with van der Waals surface area (Å²) in [6.45, 7) is 2.47. The quantitative estimate of drug-likeness (QED) is 0.606. The van der Waals surface area contributed by atoms with Gasteiger partial charge in [0.2, 0.25) is 5.91 Å². The molecule has 22 heavy (non-hydrogen) atoms.